The van der Waals surface area contributed by atoms with E-state index in [-0.39, 0.29) is 26.7 Å². The van der Waals surface area contributed by atoms with Crippen LogP contribution in [0, 0.1) is 27.6 Å². The van der Waals surface area contributed by atoms with E-state index in [0.717, 1.165) is 12.1 Å². The number of rotatable bonds is 4. The van der Waals surface area contributed by atoms with E-state index in [1.54, 1.807) is 6.07 Å². The maximum Gasteiger partial charge on any atom is 0.208 e. The molecule has 0 aliphatic carbocycles. The minimum absolute atomic E-state index is 0.0595. The van der Waals surface area contributed by atoms with Crippen molar-refractivity contribution in [3.05, 3.63) is 44.8 Å². The maximum absolute atomic E-state index is 13.5. The van der Waals surface area contributed by atoms with Crippen molar-refractivity contribution in [2.75, 3.05) is 14.2 Å². The number of nitriles is 1. The van der Waals surface area contributed by atoms with Gasteiger partial charge in [0.2, 0.25) is 9.84 Å². The molecule has 0 amide bonds. The molecule has 2 rings (SSSR count). The lowest BCUT2D eigenvalue weighted by atomic mass is 10.1. The van der Waals surface area contributed by atoms with Crippen molar-refractivity contribution < 1.29 is 22.3 Å². The highest BCUT2D eigenvalue weighted by molar-refractivity contribution is 14.1. The molecule has 0 N–H and O–H groups in total. The molecule has 0 saturated heterocycles. The molecule has 126 valence electrons. The Morgan fingerprint density at radius 3 is 2.38 bits per heavy atom. The summed E-state index contributed by atoms with van der Waals surface area (Å²) in [7, 11) is -1.19. The minimum Gasteiger partial charge on any atom is -0.493 e. The third-order valence-corrected chi connectivity index (χ3v) is 6.08. The normalized spacial score (nSPS) is 11.0. The molecule has 0 unspecified atom stereocenters. The highest BCUT2D eigenvalue weighted by Gasteiger charge is 2.27. The van der Waals surface area contributed by atoms with E-state index >= 15 is 0 Å². The second kappa shape index (κ2) is 6.94. The molecule has 2 aromatic carbocycles. The summed E-state index contributed by atoms with van der Waals surface area (Å²) in [5, 5.41) is 9.19. The summed E-state index contributed by atoms with van der Waals surface area (Å²) >= 11 is 1.93. The van der Waals surface area contributed by atoms with Gasteiger partial charge in [-0.05, 0) is 53.3 Å². The zero-order valence-electron chi connectivity index (χ0n) is 13.1. The second-order valence-electron chi connectivity index (χ2n) is 4.86. The van der Waals surface area contributed by atoms with Crippen molar-refractivity contribution in [1.29, 1.82) is 5.26 Å². The molecule has 0 radical (unpaired) electrons. The third kappa shape index (κ3) is 3.18. The van der Waals surface area contributed by atoms with Crippen LogP contribution in [0.2, 0.25) is 0 Å². The summed E-state index contributed by atoms with van der Waals surface area (Å²) in [6.07, 6.45) is 0. The number of aryl methyl sites for hydroxylation is 1. The molecular formula is C16H13FINO4S. The first-order valence-electron chi connectivity index (χ1n) is 6.63. The lowest BCUT2D eigenvalue weighted by Crippen LogP contribution is -2.09. The van der Waals surface area contributed by atoms with Crippen molar-refractivity contribution in [3.63, 3.8) is 0 Å². The summed E-state index contributed by atoms with van der Waals surface area (Å²) in [6.45, 7) is 1.45. The van der Waals surface area contributed by atoms with Crippen molar-refractivity contribution in [1.82, 2.24) is 0 Å². The Labute approximate surface area is 153 Å². The summed E-state index contributed by atoms with van der Waals surface area (Å²) in [5.41, 5.74) is -0.0753. The summed E-state index contributed by atoms with van der Waals surface area (Å²) in [4.78, 5) is -0.273. The Kier molecular flexibility index (Phi) is 5.35. The standard InChI is InChI=1S/C16H13FINO4S/c1-9-4-11(17)5-10(8-19)16(9)24(20,21)12-6-13(18)15(23-3)14(7-12)22-2/h4-7H,1-3H3. The van der Waals surface area contributed by atoms with E-state index in [1.807, 2.05) is 22.6 Å². The van der Waals surface area contributed by atoms with E-state index < -0.39 is 15.7 Å². The summed E-state index contributed by atoms with van der Waals surface area (Å²) < 4.78 is 50.4. The molecule has 0 heterocycles. The number of ether oxygens (including phenoxy) is 2. The minimum atomic E-state index is -4.04. The van der Waals surface area contributed by atoms with Crippen LogP contribution in [0.3, 0.4) is 0 Å². The zero-order valence-corrected chi connectivity index (χ0v) is 16.0. The van der Waals surface area contributed by atoms with E-state index in [1.165, 1.54) is 33.3 Å². The van der Waals surface area contributed by atoms with Gasteiger partial charge in [0, 0.05) is 6.07 Å². The van der Waals surface area contributed by atoms with Gasteiger partial charge in [0.25, 0.3) is 0 Å². The van der Waals surface area contributed by atoms with Gasteiger partial charge in [0.15, 0.2) is 11.5 Å². The van der Waals surface area contributed by atoms with Crippen molar-refractivity contribution in [2.45, 2.75) is 16.7 Å². The Morgan fingerprint density at radius 1 is 1.17 bits per heavy atom. The molecule has 2 aromatic rings. The third-order valence-electron chi connectivity index (χ3n) is 3.35. The van der Waals surface area contributed by atoms with E-state index in [2.05, 4.69) is 0 Å². The van der Waals surface area contributed by atoms with Crippen LogP contribution in [0.5, 0.6) is 11.5 Å². The SMILES string of the molecule is COc1cc(S(=O)(=O)c2c(C)cc(F)cc2C#N)cc(I)c1OC. The Hall–Kier alpha value is -1.86. The number of sulfone groups is 1. The zero-order chi connectivity index (χ0) is 18.1. The monoisotopic (exact) mass is 461 g/mol. The van der Waals surface area contributed by atoms with Crippen molar-refractivity contribution in [2.24, 2.45) is 0 Å². The molecule has 0 spiro atoms. The molecule has 0 aliphatic rings. The fourth-order valence-electron chi connectivity index (χ4n) is 2.34. The van der Waals surface area contributed by atoms with Crippen molar-refractivity contribution >= 4 is 32.4 Å². The molecule has 24 heavy (non-hydrogen) atoms. The van der Waals surface area contributed by atoms with Crippen LogP contribution >= 0.6 is 22.6 Å². The average molecular weight is 461 g/mol. The number of benzene rings is 2. The lowest BCUT2D eigenvalue weighted by Gasteiger charge is -2.14. The van der Waals surface area contributed by atoms with Gasteiger partial charge < -0.3 is 9.47 Å². The van der Waals surface area contributed by atoms with Crippen LogP contribution in [0.25, 0.3) is 0 Å². The first-order valence-corrected chi connectivity index (χ1v) is 9.19. The van der Waals surface area contributed by atoms with Crippen LogP contribution in [0.1, 0.15) is 11.1 Å². The molecular weight excluding hydrogens is 448 g/mol. The summed E-state index contributed by atoms with van der Waals surface area (Å²) in [5.74, 6) is -0.000441. The van der Waals surface area contributed by atoms with Gasteiger partial charge in [0.05, 0.1) is 33.1 Å². The molecule has 0 fully saturated rings. The molecule has 8 heteroatoms. The van der Waals surface area contributed by atoms with Crippen molar-refractivity contribution in [3.8, 4) is 17.6 Å². The van der Waals surface area contributed by atoms with Gasteiger partial charge in [-0.25, -0.2) is 12.8 Å². The molecule has 0 atom stereocenters. The molecule has 0 aliphatic heterocycles. The highest BCUT2D eigenvalue weighted by atomic mass is 127. The van der Waals surface area contributed by atoms with Gasteiger partial charge >= 0.3 is 0 Å². The quantitative estimate of drug-likeness (QED) is 0.515. The average Bonchev–Trinajstić information content (AvgIpc) is 2.52. The first-order chi connectivity index (χ1) is 11.3. The Morgan fingerprint density at radius 2 is 1.83 bits per heavy atom. The fourth-order valence-corrected chi connectivity index (χ4v) is 5.02. The molecule has 0 aromatic heterocycles. The molecule has 0 bridgehead atoms. The van der Waals surface area contributed by atoms with Gasteiger partial charge in [-0.1, -0.05) is 0 Å². The van der Waals surface area contributed by atoms with Crippen LogP contribution < -0.4 is 9.47 Å². The molecule has 0 saturated carbocycles. The van der Waals surface area contributed by atoms with E-state index in [0.29, 0.717) is 9.32 Å². The smallest absolute Gasteiger partial charge is 0.208 e. The first kappa shape index (κ1) is 18.5. The largest absolute Gasteiger partial charge is 0.493 e. The highest BCUT2D eigenvalue weighted by Crippen LogP contribution is 2.37. The summed E-state index contributed by atoms with van der Waals surface area (Å²) in [6, 6.07) is 6.47. The van der Waals surface area contributed by atoms with Gasteiger partial charge in [-0.3, -0.25) is 0 Å². The van der Waals surface area contributed by atoms with Crippen LogP contribution in [-0.2, 0) is 9.84 Å². The number of nitrogens with zero attached hydrogens (tertiary/aromatic N) is 1. The number of methoxy groups -OCH3 is 2. The molecule has 5 nitrogen and oxygen atoms in total. The van der Waals surface area contributed by atoms with Crippen LogP contribution in [-0.4, -0.2) is 22.6 Å². The van der Waals surface area contributed by atoms with Gasteiger partial charge in [-0.2, -0.15) is 5.26 Å². The fraction of sp³-hybridized carbons (Fsp3) is 0.188. The predicted octanol–water partition coefficient (Wildman–Crippen LogP) is 3.46. The van der Waals surface area contributed by atoms with E-state index in [4.69, 9.17) is 9.47 Å². The second-order valence-corrected chi connectivity index (χ2v) is 7.90. The van der Waals surface area contributed by atoms with Crippen LogP contribution in [0.15, 0.2) is 34.1 Å². The number of halogens is 2. The predicted molar refractivity (Wildman–Crippen MR) is 93.6 cm³/mol. The topological polar surface area (TPSA) is 76.4 Å². The lowest BCUT2D eigenvalue weighted by molar-refractivity contribution is 0.351. The number of hydrogen-bond acceptors (Lipinski definition) is 5. The van der Waals surface area contributed by atoms with E-state index in [9.17, 15) is 18.1 Å². The van der Waals surface area contributed by atoms with Gasteiger partial charge in [0.1, 0.15) is 11.9 Å². The number of hydrogen-bond donors (Lipinski definition) is 0. The van der Waals surface area contributed by atoms with Crippen LogP contribution in [0.4, 0.5) is 4.39 Å². The maximum atomic E-state index is 13.5. The Bertz CT molecular complexity index is 952. The van der Waals surface area contributed by atoms with Gasteiger partial charge in [-0.15, -0.1) is 0 Å². The Balaban J connectivity index is 2.79.